The highest BCUT2D eigenvalue weighted by Gasteiger charge is 1.97. The summed E-state index contributed by atoms with van der Waals surface area (Å²) in [6, 6.07) is 5.31. The molecule has 60 valence electrons. The zero-order valence-corrected chi connectivity index (χ0v) is 6.73. The van der Waals surface area contributed by atoms with Crippen molar-refractivity contribution >= 4 is 12.4 Å². The van der Waals surface area contributed by atoms with E-state index in [1.807, 2.05) is 6.07 Å². The molecule has 4 heteroatoms. The molecule has 0 saturated carbocycles. The molecule has 0 bridgehead atoms. The van der Waals surface area contributed by atoms with Crippen LogP contribution in [0.4, 0.5) is 0 Å². The van der Waals surface area contributed by atoms with Crippen LogP contribution in [0.3, 0.4) is 0 Å². The third-order valence-corrected chi connectivity index (χ3v) is 1.16. The fourth-order valence-corrected chi connectivity index (χ4v) is 0.715. The summed E-state index contributed by atoms with van der Waals surface area (Å²) in [5, 5.41) is 8.34. The van der Waals surface area contributed by atoms with Crippen molar-refractivity contribution in [2.24, 2.45) is 5.73 Å². The largest absolute Gasteiger partial charge is 0.451 e. The first-order chi connectivity index (χ1) is 4.86. The third-order valence-electron chi connectivity index (χ3n) is 1.16. The maximum atomic E-state index is 8.34. The van der Waals surface area contributed by atoms with Gasteiger partial charge in [-0.25, -0.2) is 0 Å². The second-order valence-electron chi connectivity index (χ2n) is 1.92. The van der Waals surface area contributed by atoms with Crippen molar-refractivity contribution in [3.05, 3.63) is 23.7 Å². The minimum absolute atomic E-state index is 0. The van der Waals surface area contributed by atoms with E-state index in [9.17, 15) is 0 Å². The van der Waals surface area contributed by atoms with Crippen LogP contribution in [0.15, 0.2) is 16.5 Å². The lowest BCUT2D eigenvalue weighted by molar-refractivity contribution is 0.499. The molecule has 1 aromatic rings. The third kappa shape index (κ3) is 2.62. The van der Waals surface area contributed by atoms with Crippen molar-refractivity contribution in [3.63, 3.8) is 0 Å². The highest BCUT2D eigenvalue weighted by atomic mass is 35.5. The Morgan fingerprint density at radius 3 is 2.73 bits per heavy atom. The minimum Gasteiger partial charge on any atom is -0.451 e. The van der Waals surface area contributed by atoms with Crippen molar-refractivity contribution in [1.82, 2.24) is 0 Å². The molecule has 0 aliphatic carbocycles. The number of halogens is 1. The topological polar surface area (TPSA) is 63.0 Å². The molecule has 2 N–H and O–H groups in total. The smallest absolute Gasteiger partial charge is 0.203 e. The van der Waals surface area contributed by atoms with E-state index < -0.39 is 0 Å². The monoisotopic (exact) mass is 172 g/mol. The zero-order chi connectivity index (χ0) is 7.40. The van der Waals surface area contributed by atoms with Gasteiger partial charge in [-0.2, -0.15) is 5.26 Å². The number of nitriles is 1. The Kier molecular flexibility index (Phi) is 4.35. The minimum atomic E-state index is 0. The second-order valence-corrected chi connectivity index (χ2v) is 1.92. The molecule has 0 saturated heterocycles. The van der Waals surface area contributed by atoms with Crippen LogP contribution in [0.5, 0.6) is 0 Å². The molecule has 1 heterocycles. The lowest BCUT2D eigenvalue weighted by Crippen LogP contribution is -2.01. The first-order valence-electron chi connectivity index (χ1n) is 3.05. The van der Waals surface area contributed by atoms with E-state index in [-0.39, 0.29) is 12.4 Å². The summed E-state index contributed by atoms with van der Waals surface area (Å²) < 4.78 is 5.03. The van der Waals surface area contributed by atoms with Gasteiger partial charge >= 0.3 is 0 Å². The molecule has 0 aromatic carbocycles. The molecule has 0 fully saturated rings. The van der Waals surface area contributed by atoms with Crippen LogP contribution in [0, 0.1) is 11.3 Å². The number of hydrogen-bond acceptors (Lipinski definition) is 3. The van der Waals surface area contributed by atoms with Gasteiger partial charge in [-0.15, -0.1) is 12.4 Å². The van der Waals surface area contributed by atoms with Gasteiger partial charge in [0.15, 0.2) is 0 Å². The first kappa shape index (κ1) is 10.0. The van der Waals surface area contributed by atoms with E-state index in [0.29, 0.717) is 18.7 Å². The van der Waals surface area contributed by atoms with Crippen LogP contribution < -0.4 is 5.73 Å². The van der Waals surface area contributed by atoms with Gasteiger partial charge in [0, 0.05) is 6.42 Å². The maximum Gasteiger partial charge on any atom is 0.203 e. The van der Waals surface area contributed by atoms with E-state index in [1.165, 1.54) is 0 Å². The SMILES string of the molecule is Cl.N#Cc1ccc(CCN)o1. The summed E-state index contributed by atoms with van der Waals surface area (Å²) in [7, 11) is 0. The zero-order valence-electron chi connectivity index (χ0n) is 5.91. The number of furan rings is 1. The van der Waals surface area contributed by atoms with Gasteiger partial charge in [-0.3, -0.25) is 0 Å². The molecule has 0 spiro atoms. The maximum absolute atomic E-state index is 8.34. The molecule has 0 aliphatic heterocycles. The molecule has 3 nitrogen and oxygen atoms in total. The number of hydrogen-bond donors (Lipinski definition) is 1. The van der Waals surface area contributed by atoms with E-state index in [2.05, 4.69) is 0 Å². The molecule has 0 amide bonds. The van der Waals surface area contributed by atoms with Crippen LogP contribution in [-0.2, 0) is 6.42 Å². The Morgan fingerprint density at radius 1 is 1.55 bits per heavy atom. The lowest BCUT2D eigenvalue weighted by atomic mass is 10.3. The standard InChI is InChI=1S/C7H8N2O.ClH/c8-4-3-6-1-2-7(5-9)10-6;/h1-2H,3-4,8H2;1H. The van der Waals surface area contributed by atoms with Gasteiger partial charge in [0.05, 0.1) is 0 Å². The van der Waals surface area contributed by atoms with Crippen molar-refractivity contribution in [1.29, 1.82) is 5.26 Å². The molecule has 0 aliphatic rings. The highest BCUT2D eigenvalue weighted by Crippen LogP contribution is 2.05. The van der Waals surface area contributed by atoms with Crippen molar-refractivity contribution in [2.75, 3.05) is 6.54 Å². The van der Waals surface area contributed by atoms with Crippen LogP contribution in [0.2, 0.25) is 0 Å². The number of nitrogens with zero attached hydrogens (tertiary/aromatic N) is 1. The van der Waals surface area contributed by atoms with Gasteiger partial charge in [-0.05, 0) is 18.7 Å². The van der Waals surface area contributed by atoms with Crippen molar-refractivity contribution in [2.45, 2.75) is 6.42 Å². The van der Waals surface area contributed by atoms with Crippen LogP contribution >= 0.6 is 12.4 Å². The Bertz CT molecular complexity index is 251. The summed E-state index contributed by atoms with van der Waals surface area (Å²) in [6.45, 7) is 0.554. The molecule has 1 rings (SSSR count). The number of nitrogens with two attached hydrogens (primary N) is 1. The molecule has 0 radical (unpaired) electrons. The molecule has 0 atom stereocenters. The van der Waals surface area contributed by atoms with Gasteiger partial charge < -0.3 is 10.2 Å². The predicted octanol–water partition coefficient (Wildman–Crippen LogP) is 1.07. The fourth-order valence-electron chi connectivity index (χ4n) is 0.715. The van der Waals surface area contributed by atoms with E-state index >= 15 is 0 Å². The van der Waals surface area contributed by atoms with E-state index in [1.54, 1.807) is 12.1 Å². The Balaban J connectivity index is 0.000001000. The number of rotatable bonds is 2. The normalized spacial score (nSPS) is 8.36. The average molecular weight is 173 g/mol. The lowest BCUT2D eigenvalue weighted by Gasteiger charge is -1.87. The molecule has 11 heavy (non-hydrogen) atoms. The average Bonchev–Trinajstić information content (AvgIpc) is 2.37. The van der Waals surface area contributed by atoms with Gasteiger partial charge in [0.25, 0.3) is 0 Å². The van der Waals surface area contributed by atoms with E-state index in [0.717, 1.165) is 5.76 Å². The molecule has 1 aromatic heterocycles. The summed E-state index contributed by atoms with van der Waals surface area (Å²) in [5.74, 6) is 1.13. The molecule has 0 unspecified atom stereocenters. The Labute approximate surface area is 71.2 Å². The van der Waals surface area contributed by atoms with Gasteiger partial charge in [0.1, 0.15) is 11.8 Å². The summed E-state index contributed by atoms with van der Waals surface area (Å²) in [6.07, 6.45) is 0.696. The Hall–Kier alpha value is -0.980. The molecular weight excluding hydrogens is 164 g/mol. The van der Waals surface area contributed by atoms with Crippen LogP contribution in [0.25, 0.3) is 0 Å². The Morgan fingerprint density at radius 2 is 2.27 bits per heavy atom. The summed E-state index contributed by atoms with van der Waals surface area (Å²) in [4.78, 5) is 0. The van der Waals surface area contributed by atoms with Crippen LogP contribution in [0.1, 0.15) is 11.5 Å². The summed E-state index contributed by atoms with van der Waals surface area (Å²) >= 11 is 0. The van der Waals surface area contributed by atoms with Gasteiger partial charge in [0.2, 0.25) is 5.76 Å². The van der Waals surface area contributed by atoms with Crippen LogP contribution in [-0.4, -0.2) is 6.54 Å². The van der Waals surface area contributed by atoms with Crippen molar-refractivity contribution in [3.8, 4) is 6.07 Å². The van der Waals surface area contributed by atoms with Gasteiger partial charge in [-0.1, -0.05) is 0 Å². The fraction of sp³-hybridized carbons (Fsp3) is 0.286. The summed E-state index contributed by atoms with van der Waals surface area (Å²) in [5.41, 5.74) is 5.27. The second kappa shape index (κ2) is 4.78. The molecular formula is C7H9ClN2O. The highest BCUT2D eigenvalue weighted by molar-refractivity contribution is 5.85. The van der Waals surface area contributed by atoms with Crippen molar-refractivity contribution < 1.29 is 4.42 Å². The quantitative estimate of drug-likeness (QED) is 0.726. The predicted molar refractivity (Wildman–Crippen MR) is 43.4 cm³/mol. The first-order valence-corrected chi connectivity index (χ1v) is 3.05. The van der Waals surface area contributed by atoms with E-state index in [4.69, 9.17) is 15.4 Å².